The molecule has 2 fully saturated rings. The van der Waals surface area contributed by atoms with Crippen molar-refractivity contribution in [2.75, 3.05) is 58.3 Å². The summed E-state index contributed by atoms with van der Waals surface area (Å²) in [7, 11) is 3.55. The van der Waals surface area contributed by atoms with E-state index in [9.17, 15) is 4.79 Å². The number of rotatable bonds is 5. The summed E-state index contributed by atoms with van der Waals surface area (Å²) in [6, 6.07) is 16.1. The fraction of sp³-hybridized carbons (Fsp3) is 0.462. The zero-order valence-corrected chi connectivity index (χ0v) is 19.8. The minimum atomic E-state index is 0.151. The molecular formula is C26H35N5O2. The predicted molar refractivity (Wildman–Crippen MR) is 133 cm³/mol. The molecule has 33 heavy (non-hydrogen) atoms. The van der Waals surface area contributed by atoms with Gasteiger partial charge >= 0.3 is 0 Å². The number of benzene rings is 2. The van der Waals surface area contributed by atoms with Crippen LogP contribution in [-0.2, 0) is 6.54 Å². The molecule has 2 heterocycles. The second-order valence-electron chi connectivity index (χ2n) is 8.60. The van der Waals surface area contributed by atoms with Crippen LogP contribution in [0.1, 0.15) is 35.2 Å². The van der Waals surface area contributed by atoms with Gasteiger partial charge in [-0.3, -0.25) is 9.79 Å². The molecule has 1 amide bonds. The summed E-state index contributed by atoms with van der Waals surface area (Å²) < 4.78 is 5.52. The van der Waals surface area contributed by atoms with Crippen molar-refractivity contribution in [3.63, 3.8) is 0 Å². The summed E-state index contributed by atoms with van der Waals surface area (Å²) in [4.78, 5) is 23.8. The number of aliphatic imine (C=N–C) groups is 1. The molecule has 0 atom stereocenters. The van der Waals surface area contributed by atoms with Gasteiger partial charge in [0.05, 0.1) is 12.8 Å². The fourth-order valence-electron chi connectivity index (χ4n) is 4.61. The molecule has 176 valence electrons. The van der Waals surface area contributed by atoms with Crippen LogP contribution in [0.15, 0.2) is 53.5 Å². The van der Waals surface area contributed by atoms with E-state index in [0.717, 1.165) is 80.6 Å². The monoisotopic (exact) mass is 449 g/mol. The highest BCUT2D eigenvalue weighted by atomic mass is 16.5. The zero-order chi connectivity index (χ0) is 23.0. The number of carbonyl (C=O) groups is 1. The average molecular weight is 450 g/mol. The zero-order valence-electron chi connectivity index (χ0n) is 19.8. The largest absolute Gasteiger partial charge is 0.495 e. The first-order chi connectivity index (χ1) is 16.2. The van der Waals surface area contributed by atoms with Crippen LogP contribution in [0.3, 0.4) is 0 Å². The number of methoxy groups -OCH3 is 1. The summed E-state index contributed by atoms with van der Waals surface area (Å²) in [5.74, 6) is 1.97. The van der Waals surface area contributed by atoms with Crippen molar-refractivity contribution in [1.82, 2.24) is 15.1 Å². The number of piperidine rings is 1. The first-order valence-electron chi connectivity index (χ1n) is 11.9. The lowest BCUT2D eigenvalue weighted by Gasteiger charge is -2.38. The fourth-order valence-corrected chi connectivity index (χ4v) is 4.61. The van der Waals surface area contributed by atoms with Gasteiger partial charge in [0.2, 0.25) is 0 Å². The Morgan fingerprint density at radius 2 is 1.61 bits per heavy atom. The maximum Gasteiger partial charge on any atom is 0.253 e. The molecule has 0 aromatic heterocycles. The number of amides is 1. The van der Waals surface area contributed by atoms with E-state index in [1.165, 1.54) is 6.42 Å². The Morgan fingerprint density at radius 3 is 2.27 bits per heavy atom. The lowest BCUT2D eigenvalue weighted by Crippen LogP contribution is -2.52. The van der Waals surface area contributed by atoms with Crippen LogP contribution in [0, 0.1) is 0 Å². The van der Waals surface area contributed by atoms with Gasteiger partial charge in [-0.05, 0) is 49.1 Å². The Hall–Kier alpha value is -3.22. The Kier molecular flexibility index (Phi) is 7.70. The van der Waals surface area contributed by atoms with Crippen molar-refractivity contribution < 1.29 is 9.53 Å². The minimum absolute atomic E-state index is 0.151. The van der Waals surface area contributed by atoms with Gasteiger partial charge in [0, 0.05) is 58.4 Å². The van der Waals surface area contributed by atoms with E-state index in [1.54, 1.807) is 7.11 Å². The van der Waals surface area contributed by atoms with E-state index < -0.39 is 0 Å². The van der Waals surface area contributed by atoms with Crippen molar-refractivity contribution in [3.8, 4) is 5.75 Å². The number of nitrogens with zero attached hydrogens (tertiary/aromatic N) is 4. The number of para-hydroxylation sites is 2. The van der Waals surface area contributed by atoms with Crippen molar-refractivity contribution in [3.05, 3.63) is 59.7 Å². The maximum absolute atomic E-state index is 12.7. The number of nitrogens with one attached hydrogen (secondary N) is 1. The summed E-state index contributed by atoms with van der Waals surface area (Å²) in [5.41, 5.74) is 3.05. The van der Waals surface area contributed by atoms with E-state index in [-0.39, 0.29) is 5.91 Å². The lowest BCUT2D eigenvalue weighted by atomic mass is 10.1. The SMILES string of the molecule is CN=C(NCc1ccc(C(=O)N2CCCCC2)cc1)N1CCN(c2ccccc2OC)CC1. The smallest absolute Gasteiger partial charge is 0.253 e. The Bertz CT molecular complexity index is 945. The number of ether oxygens (including phenoxy) is 1. The molecular weight excluding hydrogens is 414 g/mol. The number of anilines is 1. The second kappa shape index (κ2) is 11.1. The third kappa shape index (κ3) is 5.59. The van der Waals surface area contributed by atoms with Gasteiger partial charge in [-0.2, -0.15) is 0 Å². The third-order valence-electron chi connectivity index (χ3n) is 6.51. The molecule has 2 aromatic rings. The van der Waals surface area contributed by atoms with Crippen LogP contribution in [0.25, 0.3) is 0 Å². The standard InChI is InChI=1S/C26H35N5O2/c1-27-26(31-18-16-29(17-19-31)23-8-4-5-9-24(23)33-2)28-20-21-10-12-22(13-11-21)25(32)30-14-6-3-7-15-30/h4-5,8-13H,3,6-7,14-20H2,1-2H3,(H,27,28). The van der Waals surface area contributed by atoms with Gasteiger partial charge in [0.25, 0.3) is 5.91 Å². The van der Waals surface area contributed by atoms with Crippen molar-refractivity contribution in [2.45, 2.75) is 25.8 Å². The number of carbonyl (C=O) groups excluding carboxylic acids is 1. The first kappa shape index (κ1) is 23.0. The molecule has 4 rings (SSSR count). The van der Waals surface area contributed by atoms with E-state index in [2.05, 4.69) is 32.2 Å². The van der Waals surface area contributed by atoms with Gasteiger partial charge in [0.1, 0.15) is 5.75 Å². The predicted octanol–water partition coefficient (Wildman–Crippen LogP) is 3.22. The molecule has 1 N–H and O–H groups in total. The van der Waals surface area contributed by atoms with Crippen LogP contribution < -0.4 is 15.0 Å². The van der Waals surface area contributed by atoms with Gasteiger partial charge in [-0.1, -0.05) is 24.3 Å². The van der Waals surface area contributed by atoms with E-state index in [0.29, 0.717) is 6.54 Å². The molecule has 2 saturated heterocycles. The summed E-state index contributed by atoms with van der Waals surface area (Å²) in [6.07, 6.45) is 3.45. The Labute approximate surface area is 197 Å². The highest BCUT2D eigenvalue weighted by Gasteiger charge is 2.22. The van der Waals surface area contributed by atoms with Gasteiger partial charge < -0.3 is 24.8 Å². The normalized spacial score (nSPS) is 17.2. The minimum Gasteiger partial charge on any atom is -0.495 e. The quantitative estimate of drug-likeness (QED) is 0.561. The molecule has 0 unspecified atom stereocenters. The molecule has 7 nitrogen and oxygen atoms in total. The number of hydrogen-bond acceptors (Lipinski definition) is 4. The summed E-state index contributed by atoms with van der Waals surface area (Å²) in [6.45, 7) is 6.04. The molecule has 2 aliphatic rings. The topological polar surface area (TPSA) is 60.4 Å². The molecule has 0 bridgehead atoms. The van der Waals surface area contributed by atoms with Crippen molar-refractivity contribution in [1.29, 1.82) is 0 Å². The maximum atomic E-state index is 12.7. The van der Waals surface area contributed by atoms with Crippen LogP contribution in [-0.4, -0.2) is 75.1 Å². The highest BCUT2D eigenvalue weighted by molar-refractivity contribution is 5.94. The van der Waals surface area contributed by atoms with Crippen LogP contribution in [0.5, 0.6) is 5.75 Å². The third-order valence-corrected chi connectivity index (χ3v) is 6.51. The Balaban J connectivity index is 1.29. The molecule has 2 aliphatic heterocycles. The Morgan fingerprint density at radius 1 is 0.909 bits per heavy atom. The van der Waals surface area contributed by atoms with Crippen molar-refractivity contribution in [2.24, 2.45) is 4.99 Å². The van der Waals surface area contributed by atoms with E-state index in [4.69, 9.17) is 4.74 Å². The number of likely N-dealkylation sites (tertiary alicyclic amines) is 1. The highest BCUT2D eigenvalue weighted by Crippen LogP contribution is 2.28. The number of hydrogen-bond donors (Lipinski definition) is 1. The van der Waals surface area contributed by atoms with Gasteiger partial charge in [0.15, 0.2) is 5.96 Å². The van der Waals surface area contributed by atoms with E-state index in [1.807, 2.05) is 48.3 Å². The number of piperazine rings is 1. The molecule has 7 heteroatoms. The molecule has 0 aliphatic carbocycles. The molecule has 0 radical (unpaired) electrons. The molecule has 0 saturated carbocycles. The second-order valence-corrected chi connectivity index (χ2v) is 8.60. The summed E-state index contributed by atoms with van der Waals surface area (Å²) >= 11 is 0. The first-order valence-corrected chi connectivity index (χ1v) is 11.9. The van der Waals surface area contributed by atoms with Crippen molar-refractivity contribution >= 4 is 17.6 Å². The van der Waals surface area contributed by atoms with Crippen LogP contribution in [0.2, 0.25) is 0 Å². The van der Waals surface area contributed by atoms with Crippen LogP contribution >= 0.6 is 0 Å². The molecule has 0 spiro atoms. The number of guanidine groups is 1. The van der Waals surface area contributed by atoms with Gasteiger partial charge in [-0.15, -0.1) is 0 Å². The van der Waals surface area contributed by atoms with Gasteiger partial charge in [-0.25, -0.2) is 0 Å². The van der Waals surface area contributed by atoms with E-state index >= 15 is 0 Å². The lowest BCUT2D eigenvalue weighted by molar-refractivity contribution is 0.0724. The average Bonchev–Trinajstić information content (AvgIpc) is 2.90. The van der Waals surface area contributed by atoms with Crippen LogP contribution in [0.4, 0.5) is 5.69 Å². The summed E-state index contributed by atoms with van der Waals surface area (Å²) in [5, 5.41) is 3.48. The molecule has 2 aromatic carbocycles.